The molecule has 0 radical (unpaired) electrons. The van der Waals surface area contributed by atoms with Crippen LogP contribution in [0.25, 0.3) is 0 Å². The summed E-state index contributed by atoms with van der Waals surface area (Å²) < 4.78 is 12.2. The molecule has 2 amide bonds. The second-order valence-electron chi connectivity index (χ2n) is 7.62. The summed E-state index contributed by atoms with van der Waals surface area (Å²) in [4.78, 5) is 24.5. The summed E-state index contributed by atoms with van der Waals surface area (Å²) in [6, 6.07) is 12.0. The maximum Gasteiger partial charge on any atom is 0.233 e. The Morgan fingerprint density at radius 1 is 1.19 bits per heavy atom. The van der Waals surface area contributed by atoms with E-state index in [9.17, 15) is 9.59 Å². The monoisotopic (exact) mass is 502 g/mol. The number of halogens is 1. The van der Waals surface area contributed by atoms with Crippen LogP contribution in [0.2, 0.25) is 0 Å². The van der Waals surface area contributed by atoms with Gasteiger partial charge < -0.3 is 25.8 Å². The number of carbonyl (C=O) groups is 2. The molecule has 2 aromatic carbocycles. The number of anilines is 1. The van der Waals surface area contributed by atoms with Crippen LogP contribution in [0, 0.1) is 5.41 Å². The minimum Gasteiger partial charge on any atom is -0.489 e. The van der Waals surface area contributed by atoms with Crippen molar-refractivity contribution in [2.75, 3.05) is 18.5 Å². The first-order valence-electron chi connectivity index (χ1n) is 10.4. The fraction of sp³-hybridized carbons (Fsp3) is 0.348. The van der Waals surface area contributed by atoms with Crippen LogP contribution in [-0.2, 0) is 14.3 Å². The normalized spacial score (nSPS) is 14.9. The number of nitrogens with two attached hydrogens (primary N) is 1. The average molecular weight is 503 g/mol. The van der Waals surface area contributed by atoms with Crippen LogP contribution in [0.1, 0.15) is 43.4 Å². The molecule has 0 saturated carbocycles. The van der Waals surface area contributed by atoms with Gasteiger partial charge in [-0.1, -0.05) is 6.07 Å². The molecule has 170 valence electrons. The standard InChI is InChI=1S/C23H27BrN4O4/c1-14(16-4-7-20(19(24)12-16)32-18-8-10-31-11-9-18)27-21(29)13-22(30)28-17-5-2-15(3-6-17)23(25)26/h2-7,12,14,18H,8-11,13H2,1H3,(H3,25,26)(H,27,29)(H,28,30)/t14-/m0/s1. The lowest BCUT2D eigenvalue weighted by Gasteiger charge is -2.24. The summed E-state index contributed by atoms with van der Waals surface area (Å²) in [6.07, 6.45) is 1.57. The molecule has 1 fully saturated rings. The first-order chi connectivity index (χ1) is 15.3. The van der Waals surface area contributed by atoms with Crippen molar-refractivity contribution >= 4 is 39.3 Å². The number of benzene rings is 2. The van der Waals surface area contributed by atoms with E-state index in [1.807, 2.05) is 25.1 Å². The van der Waals surface area contributed by atoms with Crippen molar-refractivity contribution in [1.82, 2.24) is 5.32 Å². The Balaban J connectivity index is 1.50. The Kier molecular flexibility index (Phi) is 8.24. The third-order valence-electron chi connectivity index (χ3n) is 5.10. The number of hydrogen-bond donors (Lipinski definition) is 4. The van der Waals surface area contributed by atoms with Crippen LogP contribution in [0.4, 0.5) is 5.69 Å². The van der Waals surface area contributed by atoms with E-state index < -0.39 is 5.91 Å². The second-order valence-corrected chi connectivity index (χ2v) is 8.48. The summed E-state index contributed by atoms with van der Waals surface area (Å²) in [5.74, 6) is -0.0962. The molecular formula is C23H27BrN4O4. The smallest absolute Gasteiger partial charge is 0.233 e. The fourth-order valence-electron chi connectivity index (χ4n) is 3.32. The zero-order valence-electron chi connectivity index (χ0n) is 17.8. The predicted octanol–water partition coefficient (Wildman–Crippen LogP) is 3.50. The van der Waals surface area contributed by atoms with Gasteiger partial charge in [-0.3, -0.25) is 15.0 Å². The molecule has 0 aliphatic carbocycles. The number of nitrogens with one attached hydrogen (secondary N) is 3. The Bertz CT molecular complexity index is 974. The van der Waals surface area contributed by atoms with Crippen molar-refractivity contribution in [3.05, 3.63) is 58.1 Å². The maximum atomic E-state index is 12.3. The molecule has 1 aliphatic rings. The first-order valence-corrected chi connectivity index (χ1v) is 11.2. The highest BCUT2D eigenvalue weighted by molar-refractivity contribution is 9.10. The minimum absolute atomic E-state index is 0.0499. The summed E-state index contributed by atoms with van der Waals surface area (Å²) in [7, 11) is 0. The highest BCUT2D eigenvalue weighted by atomic mass is 79.9. The third kappa shape index (κ3) is 6.80. The maximum absolute atomic E-state index is 12.3. The molecule has 1 heterocycles. The lowest BCUT2D eigenvalue weighted by molar-refractivity contribution is -0.127. The third-order valence-corrected chi connectivity index (χ3v) is 5.72. The molecule has 1 atom stereocenters. The zero-order valence-corrected chi connectivity index (χ0v) is 19.4. The van der Waals surface area contributed by atoms with Crippen LogP contribution in [0.3, 0.4) is 0 Å². The number of nitrogen functional groups attached to an aromatic ring is 1. The van der Waals surface area contributed by atoms with Gasteiger partial charge >= 0.3 is 0 Å². The van der Waals surface area contributed by atoms with Gasteiger partial charge in [0.15, 0.2) is 0 Å². The van der Waals surface area contributed by atoms with Gasteiger partial charge in [-0.25, -0.2) is 0 Å². The molecule has 0 unspecified atom stereocenters. The van der Waals surface area contributed by atoms with Crippen molar-refractivity contribution in [2.24, 2.45) is 5.73 Å². The van der Waals surface area contributed by atoms with Crippen LogP contribution < -0.4 is 21.1 Å². The van der Waals surface area contributed by atoms with Gasteiger partial charge in [0.1, 0.15) is 24.1 Å². The lowest BCUT2D eigenvalue weighted by atomic mass is 10.1. The van der Waals surface area contributed by atoms with Crippen molar-refractivity contribution < 1.29 is 19.1 Å². The summed E-state index contributed by atoms with van der Waals surface area (Å²) in [6.45, 7) is 3.28. The van der Waals surface area contributed by atoms with E-state index >= 15 is 0 Å². The summed E-state index contributed by atoms with van der Waals surface area (Å²) in [5.41, 5.74) is 7.40. The van der Waals surface area contributed by atoms with E-state index in [4.69, 9.17) is 20.6 Å². The van der Waals surface area contributed by atoms with Gasteiger partial charge in [-0.15, -0.1) is 0 Å². The van der Waals surface area contributed by atoms with Crippen LogP contribution in [0.5, 0.6) is 5.75 Å². The summed E-state index contributed by atoms with van der Waals surface area (Å²) >= 11 is 3.55. The topological polar surface area (TPSA) is 127 Å². The molecular weight excluding hydrogens is 476 g/mol. The van der Waals surface area contributed by atoms with Crippen molar-refractivity contribution in [1.29, 1.82) is 5.41 Å². The quantitative estimate of drug-likeness (QED) is 0.249. The number of hydrogen-bond acceptors (Lipinski definition) is 5. The van der Waals surface area contributed by atoms with E-state index in [0.717, 1.165) is 28.6 Å². The van der Waals surface area contributed by atoms with Gasteiger partial charge in [-0.2, -0.15) is 0 Å². The number of amidine groups is 1. The molecule has 0 bridgehead atoms. The van der Waals surface area contributed by atoms with Crippen LogP contribution in [-0.4, -0.2) is 37.0 Å². The van der Waals surface area contributed by atoms with Gasteiger partial charge in [-0.05, 0) is 64.8 Å². The lowest BCUT2D eigenvalue weighted by Crippen LogP contribution is -2.30. The molecule has 9 heteroatoms. The van der Waals surface area contributed by atoms with Gasteiger partial charge in [0.2, 0.25) is 11.8 Å². The second kappa shape index (κ2) is 11.1. The molecule has 8 nitrogen and oxygen atoms in total. The number of carbonyl (C=O) groups excluding carboxylic acids is 2. The zero-order chi connectivity index (χ0) is 23.1. The van der Waals surface area contributed by atoms with E-state index in [-0.39, 0.29) is 30.3 Å². The Labute approximate surface area is 195 Å². The Morgan fingerprint density at radius 2 is 1.88 bits per heavy atom. The highest BCUT2D eigenvalue weighted by Gasteiger charge is 2.18. The minimum atomic E-state index is -0.424. The SMILES string of the molecule is C[C@H](NC(=O)CC(=O)Nc1ccc(C(=N)N)cc1)c1ccc(OC2CCOCC2)c(Br)c1. The average Bonchev–Trinajstić information content (AvgIpc) is 2.76. The van der Waals surface area contributed by atoms with E-state index in [0.29, 0.717) is 24.5 Å². The predicted molar refractivity (Wildman–Crippen MR) is 126 cm³/mol. The fourth-order valence-corrected chi connectivity index (χ4v) is 3.81. The van der Waals surface area contributed by atoms with Crippen LogP contribution in [0.15, 0.2) is 46.9 Å². The van der Waals surface area contributed by atoms with Gasteiger partial charge in [0, 0.05) is 24.1 Å². The first kappa shape index (κ1) is 23.7. The van der Waals surface area contributed by atoms with Gasteiger partial charge in [0.05, 0.1) is 23.7 Å². The van der Waals surface area contributed by atoms with Crippen molar-refractivity contribution in [2.45, 2.75) is 38.3 Å². The van der Waals surface area contributed by atoms with E-state index in [1.165, 1.54) is 0 Å². The molecule has 2 aromatic rings. The van der Waals surface area contributed by atoms with Crippen LogP contribution >= 0.6 is 15.9 Å². The van der Waals surface area contributed by atoms with Gasteiger partial charge in [0.25, 0.3) is 0 Å². The molecule has 32 heavy (non-hydrogen) atoms. The number of amides is 2. The Morgan fingerprint density at radius 3 is 2.50 bits per heavy atom. The van der Waals surface area contributed by atoms with Crippen molar-refractivity contribution in [3.8, 4) is 5.75 Å². The molecule has 3 rings (SSSR count). The Hall–Kier alpha value is -2.91. The highest BCUT2D eigenvalue weighted by Crippen LogP contribution is 2.30. The molecule has 0 spiro atoms. The van der Waals surface area contributed by atoms with E-state index in [2.05, 4.69) is 26.6 Å². The molecule has 0 aromatic heterocycles. The molecule has 1 aliphatic heterocycles. The van der Waals surface area contributed by atoms with E-state index in [1.54, 1.807) is 24.3 Å². The van der Waals surface area contributed by atoms with Crippen molar-refractivity contribution in [3.63, 3.8) is 0 Å². The summed E-state index contributed by atoms with van der Waals surface area (Å²) in [5, 5.41) is 12.9. The number of rotatable bonds is 8. The molecule has 5 N–H and O–H groups in total. The number of ether oxygens (including phenoxy) is 2. The largest absolute Gasteiger partial charge is 0.489 e. The molecule has 1 saturated heterocycles.